The maximum absolute atomic E-state index is 11.2. The molecule has 0 aromatic heterocycles. The summed E-state index contributed by atoms with van der Waals surface area (Å²) < 4.78 is 0. The number of hydrogen-bond acceptors (Lipinski definition) is 4. The Kier molecular flexibility index (Phi) is 3.92. The Bertz CT molecular complexity index is 520. The average molecular weight is 285 g/mol. The molecule has 1 aliphatic rings. The van der Waals surface area contributed by atoms with Crippen molar-refractivity contribution < 1.29 is 19.8 Å². The van der Waals surface area contributed by atoms with Crippen molar-refractivity contribution in [2.75, 3.05) is 23.3 Å². The Morgan fingerprint density at radius 2 is 2.16 bits per heavy atom. The first-order valence-electron chi connectivity index (χ1n) is 5.74. The summed E-state index contributed by atoms with van der Waals surface area (Å²) in [7, 11) is 0. The number of carbonyl (C=O) groups excluding carboxylic acids is 1. The Morgan fingerprint density at radius 3 is 2.74 bits per heavy atom. The van der Waals surface area contributed by atoms with Crippen molar-refractivity contribution in [3.63, 3.8) is 0 Å². The summed E-state index contributed by atoms with van der Waals surface area (Å²) in [5.41, 5.74) is 0.976. The highest BCUT2D eigenvalue weighted by atomic mass is 35.5. The third-order valence-corrected chi connectivity index (χ3v) is 3.14. The average Bonchev–Trinajstić information content (AvgIpc) is 2.75. The molecule has 1 fully saturated rings. The lowest BCUT2D eigenvalue weighted by atomic mass is 10.2. The number of hydrogen-bond donors (Lipinski definition) is 3. The molecular formula is C12H13ClN2O4. The Morgan fingerprint density at radius 1 is 1.42 bits per heavy atom. The van der Waals surface area contributed by atoms with Gasteiger partial charge >= 0.3 is 11.9 Å². The number of aliphatic hydroxyl groups excluding tert-OH is 1. The summed E-state index contributed by atoms with van der Waals surface area (Å²) in [5.74, 6) is -2.68. The zero-order valence-electron chi connectivity index (χ0n) is 9.97. The van der Waals surface area contributed by atoms with E-state index >= 15 is 0 Å². The number of aliphatic carboxylic acids is 1. The molecule has 2 rings (SSSR count). The maximum Gasteiger partial charge on any atom is 0.394 e. The van der Waals surface area contributed by atoms with Crippen LogP contribution < -0.4 is 10.2 Å². The second kappa shape index (κ2) is 5.46. The second-order valence-electron chi connectivity index (χ2n) is 4.31. The van der Waals surface area contributed by atoms with E-state index in [1.165, 1.54) is 6.07 Å². The van der Waals surface area contributed by atoms with Gasteiger partial charge in [-0.2, -0.15) is 0 Å². The highest BCUT2D eigenvalue weighted by Crippen LogP contribution is 2.31. The molecule has 1 saturated heterocycles. The minimum Gasteiger partial charge on any atom is -0.474 e. The van der Waals surface area contributed by atoms with Crippen LogP contribution in [-0.4, -0.2) is 41.3 Å². The molecule has 0 unspecified atom stereocenters. The highest BCUT2D eigenvalue weighted by molar-refractivity contribution is 6.37. The first-order valence-corrected chi connectivity index (χ1v) is 6.12. The lowest BCUT2D eigenvalue weighted by molar-refractivity contribution is -0.147. The van der Waals surface area contributed by atoms with E-state index < -0.39 is 18.0 Å². The number of halogens is 1. The fourth-order valence-corrected chi connectivity index (χ4v) is 2.19. The van der Waals surface area contributed by atoms with Crippen LogP contribution >= 0.6 is 11.6 Å². The Labute approximate surface area is 114 Å². The largest absolute Gasteiger partial charge is 0.474 e. The summed E-state index contributed by atoms with van der Waals surface area (Å²) in [6, 6.07) is 4.83. The lowest BCUT2D eigenvalue weighted by Gasteiger charge is -2.21. The number of aliphatic hydroxyl groups is 1. The van der Waals surface area contributed by atoms with Gasteiger partial charge in [0, 0.05) is 18.1 Å². The Balaban J connectivity index is 2.27. The molecule has 1 heterocycles. The fraction of sp³-hybridized carbons (Fsp3) is 0.333. The van der Waals surface area contributed by atoms with Crippen LogP contribution in [0.3, 0.4) is 0 Å². The van der Waals surface area contributed by atoms with E-state index in [1.54, 1.807) is 12.1 Å². The molecule has 6 nitrogen and oxygen atoms in total. The molecule has 1 aromatic rings. The molecular weight excluding hydrogens is 272 g/mol. The van der Waals surface area contributed by atoms with Crippen molar-refractivity contribution >= 4 is 34.9 Å². The minimum atomic E-state index is -1.56. The molecule has 3 N–H and O–H groups in total. The topological polar surface area (TPSA) is 89.9 Å². The van der Waals surface area contributed by atoms with Gasteiger partial charge < -0.3 is 20.4 Å². The number of carboxylic acids is 1. The fourth-order valence-electron chi connectivity index (χ4n) is 2.02. The molecule has 1 amide bonds. The Hall–Kier alpha value is -1.79. The van der Waals surface area contributed by atoms with Crippen LogP contribution in [0.2, 0.25) is 5.02 Å². The predicted molar refractivity (Wildman–Crippen MR) is 70.6 cm³/mol. The molecule has 19 heavy (non-hydrogen) atoms. The van der Waals surface area contributed by atoms with Gasteiger partial charge in [-0.25, -0.2) is 4.79 Å². The summed E-state index contributed by atoms with van der Waals surface area (Å²) >= 11 is 5.85. The van der Waals surface area contributed by atoms with Crippen molar-refractivity contribution in [2.24, 2.45) is 0 Å². The number of amides is 1. The number of carbonyl (C=O) groups is 2. The van der Waals surface area contributed by atoms with Gasteiger partial charge in [0.1, 0.15) is 0 Å². The normalized spacial score (nSPS) is 18.4. The van der Waals surface area contributed by atoms with Crippen molar-refractivity contribution in [1.82, 2.24) is 0 Å². The molecule has 0 saturated carbocycles. The SMILES string of the molecule is O=C(O)C(=O)Nc1cc(Cl)ccc1N1CC[C@@H](O)C1. The summed E-state index contributed by atoms with van der Waals surface area (Å²) in [4.78, 5) is 23.7. The van der Waals surface area contributed by atoms with E-state index in [-0.39, 0.29) is 0 Å². The van der Waals surface area contributed by atoms with Crippen LogP contribution in [0.1, 0.15) is 6.42 Å². The minimum absolute atomic E-state index is 0.328. The van der Waals surface area contributed by atoms with Gasteiger partial charge in [-0.15, -0.1) is 0 Å². The van der Waals surface area contributed by atoms with E-state index in [1.807, 2.05) is 4.90 Å². The van der Waals surface area contributed by atoms with Crippen molar-refractivity contribution in [2.45, 2.75) is 12.5 Å². The van der Waals surface area contributed by atoms with E-state index in [2.05, 4.69) is 5.32 Å². The van der Waals surface area contributed by atoms with Crippen LogP contribution in [0.4, 0.5) is 11.4 Å². The highest BCUT2D eigenvalue weighted by Gasteiger charge is 2.23. The van der Waals surface area contributed by atoms with Gasteiger partial charge in [-0.05, 0) is 24.6 Å². The summed E-state index contributed by atoms with van der Waals surface area (Å²) in [5, 5.41) is 20.8. The number of anilines is 2. The van der Waals surface area contributed by atoms with Crippen molar-refractivity contribution in [1.29, 1.82) is 0 Å². The van der Waals surface area contributed by atoms with E-state index in [4.69, 9.17) is 16.7 Å². The summed E-state index contributed by atoms with van der Waals surface area (Å²) in [6.07, 6.45) is 0.216. The van der Waals surface area contributed by atoms with Crippen LogP contribution in [0.5, 0.6) is 0 Å². The number of nitrogens with zero attached hydrogens (tertiary/aromatic N) is 1. The third-order valence-electron chi connectivity index (χ3n) is 2.91. The standard InChI is InChI=1S/C12H13ClN2O4/c13-7-1-2-10(15-4-3-8(16)6-15)9(5-7)14-11(17)12(18)19/h1-2,5,8,16H,3-4,6H2,(H,14,17)(H,18,19)/t8-/m1/s1. The van der Waals surface area contributed by atoms with Crippen molar-refractivity contribution in [3.05, 3.63) is 23.2 Å². The van der Waals surface area contributed by atoms with Gasteiger partial charge in [0.25, 0.3) is 0 Å². The molecule has 0 bridgehead atoms. The van der Waals surface area contributed by atoms with E-state index in [0.717, 1.165) is 0 Å². The van der Waals surface area contributed by atoms with Crippen LogP contribution in [0, 0.1) is 0 Å². The molecule has 1 atom stereocenters. The molecule has 1 aliphatic heterocycles. The third kappa shape index (κ3) is 3.15. The maximum atomic E-state index is 11.2. The predicted octanol–water partition coefficient (Wildman–Crippen LogP) is 0.934. The molecule has 1 aromatic carbocycles. The molecule has 0 radical (unpaired) electrons. The van der Waals surface area contributed by atoms with Gasteiger partial charge in [0.2, 0.25) is 0 Å². The van der Waals surface area contributed by atoms with Crippen LogP contribution in [-0.2, 0) is 9.59 Å². The second-order valence-corrected chi connectivity index (χ2v) is 4.75. The van der Waals surface area contributed by atoms with Crippen molar-refractivity contribution in [3.8, 4) is 0 Å². The lowest BCUT2D eigenvalue weighted by Crippen LogP contribution is -2.26. The molecule has 0 spiro atoms. The zero-order chi connectivity index (χ0) is 14.0. The molecule has 7 heteroatoms. The first kappa shape index (κ1) is 13.6. The quantitative estimate of drug-likeness (QED) is 0.703. The zero-order valence-corrected chi connectivity index (χ0v) is 10.7. The smallest absolute Gasteiger partial charge is 0.394 e. The van der Waals surface area contributed by atoms with E-state index in [9.17, 15) is 14.7 Å². The van der Waals surface area contributed by atoms with E-state index in [0.29, 0.717) is 35.9 Å². The van der Waals surface area contributed by atoms with Gasteiger partial charge in [-0.1, -0.05) is 11.6 Å². The summed E-state index contributed by atoms with van der Waals surface area (Å²) in [6.45, 7) is 1.08. The monoisotopic (exact) mass is 284 g/mol. The van der Waals surface area contributed by atoms with Gasteiger partial charge in [0.15, 0.2) is 0 Å². The number of nitrogens with one attached hydrogen (secondary N) is 1. The van der Waals surface area contributed by atoms with Gasteiger partial charge in [0.05, 0.1) is 17.5 Å². The number of carboxylic acid groups (broad SMARTS) is 1. The first-order chi connectivity index (χ1) is 8.97. The van der Waals surface area contributed by atoms with Crippen LogP contribution in [0.15, 0.2) is 18.2 Å². The number of β-amino-alcohol motifs (C(OH)–C–C–N with tert-alkyl or cyclic N) is 1. The number of rotatable bonds is 2. The molecule has 0 aliphatic carbocycles. The molecule has 102 valence electrons. The van der Waals surface area contributed by atoms with Gasteiger partial charge in [-0.3, -0.25) is 4.79 Å². The van der Waals surface area contributed by atoms with Crippen LogP contribution in [0.25, 0.3) is 0 Å². The number of benzene rings is 1.